The monoisotopic (exact) mass is 264 g/mol. The van der Waals surface area contributed by atoms with Gasteiger partial charge in [0.25, 0.3) is 0 Å². The van der Waals surface area contributed by atoms with Crippen molar-refractivity contribution >= 4 is 10.0 Å². The van der Waals surface area contributed by atoms with Gasteiger partial charge in [-0.25, -0.2) is 12.7 Å². The van der Waals surface area contributed by atoms with Gasteiger partial charge in [0.05, 0.1) is 11.9 Å². The number of sulfonamides is 1. The van der Waals surface area contributed by atoms with E-state index in [9.17, 15) is 8.42 Å². The summed E-state index contributed by atoms with van der Waals surface area (Å²) in [6.07, 6.45) is 2.76. The van der Waals surface area contributed by atoms with Crippen molar-refractivity contribution < 1.29 is 13.2 Å². The van der Waals surface area contributed by atoms with Crippen LogP contribution in [0.3, 0.4) is 0 Å². The molecule has 0 aromatic rings. The van der Waals surface area contributed by atoms with Gasteiger partial charge in [0.15, 0.2) is 0 Å². The van der Waals surface area contributed by atoms with Crippen LogP contribution in [0.4, 0.5) is 0 Å². The number of ether oxygens (including phenoxy) is 1. The smallest absolute Gasteiger partial charge is 0.213 e. The highest BCUT2D eigenvalue weighted by molar-refractivity contribution is 7.89. The lowest BCUT2D eigenvalue weighted by atomic mass is 10.2. The predicted octanol–water partition coefficient (Wildman–Crippen LogP) is 0.427. The summed E-state index contributed by atoms with van der Waals surface area (Å²) in [5.74, 6) is 0.212. The van der Waals surface area contributed by atoms with Crippen LogP contribution in [0, 0.1) is 0 Å². The van der Waals surface area contributed by atoms with Gasteiger partial charge < -0.3 is 10.1 Å². The molecule has 1 fully saturated rings. The SMILES string of the molecule is CCNCCCS(=O)(=O)N(C)CC1CCCO1. The first kappa shape index (κ1) is 14.9. The maximum absolute atomic E-state index is 11.9. The lowest BCUT2D eigenvalue weighted by molar-refractivity contribution is 0.0979. The molecule has 1 heterocycles. The van der Waals surface area contributed by atoms with E-state index < -0.39 is 10.0 Å². The highest BCUT2D eigenvalue weighted by Crippen LogP contribution is 2.14. The van der Waals surface area contributed by atoms with E-state index in [-0.39, 0.29) is 11.9 Å². The van der Waals surface area contributed by atoms with E-state index in [0.29, 0.717) is 13.0 Å². The van der Waals surface area contributed by atoms with Crippen molar-refractivity contribution in [3.05, 3.63) is 0 Å². The number of nitrogens with zero attached hydrogens (tertiary/aromatic N) is 1. The topological polar surface area (TPSA) is 58.6 Å². The summed E-state index contributed by atoms with van der Waals surface area (Å²) in [7, 11) is -1.47. The van der Waals surface area contributed by atoms with Crippen LogP contribution >= 0.6 is 0 Å². The van der Waals surface area contributed by atoms with E-state index in [1.54, 1.807) is 7.05 Å². The molecule has 0 aliphatic carbocycles. The Labute approximate surface area is 105 Å². The zero-order valence-corrected chi connectivity index (χ0v) is 11.6. The van der Waals surface area contributed by atoms with Crippen molar-refractivity contribution in [2.45, 2.75) is 32.3 Å². The third kappa shape index (κ3) is 5.33. The molecule has 0 saturated carbocycles. The second-order valence-electron chi connectivity index (χ2n) is 4.44. The molecule has 1 N–H and O–H groups in total. The van der Waals surface area contributed by atoms with Crippen molar-refractivity contribution in [2.24, 2.45) is 0 Å². The van der Waals surface area contributed by atoms with Crippen LogP contribution in [0.2, 0.25) is 0 Å². The van der Waals surface area contributed by atoms with E-state index >= 15 is 0 Å². The van der Waals surface area contributed by atoms with Gasteiger partial charge in [-0.05, 0) is 32.4 Å². The molecule has 102 valence electrons. The third-order valence-electron chi connectivity index (χ3n) is 2.97. The van der Waals surface area contributed by atoms with E-state index in [4.69, 9.17) is 4.74 Å². The van der Waals surface area contributed by atoms with Crippen LogP contribution in [-0.2, 0) is 14.8 Å². The summed E-state index contributed by atoms with van der Waals surface area (Å²) >= 11 is 0. The highest BCUT2D eigenvalue weighted by Gasteiger charge is 2.23. The molecule has 1 atom stereocenters. The molecule has 1 aliphatic rings. The van der Waals surface area contributed by atoms with Gasteiger partial charge in [-0.15, -0.1) is 0 Å². The average Bonchev–Trinajstić information content (AvgIpc) is 2.77. The number of nitrogens with one attached hydrogen (secondary N) is 1. The minimum atomic E-state index is -3.11. The fraction of sp³-hybridized carbons (Fsp3) is 1.00. The molecule has 0 radical (unpaired) electrons. The summed E-state index contributed by atoms with van der Waals surface area (Å²) < 4.78 is 30.7. The van der Waals surface area contributed by atoms with Crippen molar-refractivity contribution in [3.8, 4) is 0 Å². The fourth-order valence-electron chi connectivity index (χ4n) is 1.90. The van der Waals surface area contributed by atoms with Gasteiger partial charge in [-0.3, -0.25) is 0 Å². The molecule has 0 aromatic heterocycles. The average molecular weight is 264 g/mol. The van der Waals surface area contributed by atoms with E-state index in [1.807, 2.05) is 6.92 Å². The highest BCUT2D eigenvalue weighted by atomic mass is 32.2. The van der Waals surface area contributed by atoms with E-state index in [2.05, 4.69) is 5.32 Å². The Balaban J connectivity index is 2.29. The lowest BCUT2D eigenvalue weighted by Crippen LogP contribution is -2.36. The minimum Gasteiger partial charge on any atom is -0.377 e. The first-order valence-corrected chi connectivity index (χ1v) is 7.93. The molecule has 1 rings (SSSR count). The van der Waals surface area contributed by atoms with Gasteiger partial charge in [-0.1, -0.05) is 6.92 Å². The maximum atomic E-state index is 11.9. The fourth-order valence-corrected chi connectivity index (χ4v) is 3.12. The second kappa shape index (κ2) is 7.31. The molecular formula is C11H24N2O3S. The maximum Gasteiger partial charge on any atom is 0.213 e. The molecule has 1 saturated heterocycles. The van der Waals surface area contributed by atoms with Crippen molar-refractivity contribution in [1.82, 2.24) is 9.62 Å². The first-order chi connectivity index (χ1) is 8.06. The molecule has 1 unspecified atom stereocenters. The third-order valence-corrected chi connectivity index (χ3v) is 4.87. The Hall–Kier alpha value is -0.170. The Bertz CT molecular complexity index is 300. The molecule has 1 aliphatic heterocycles. The summed E-state index contributed by atoms with van der Waals surface area (Å²) in [6.45, 7) is 4.90. The quantitative estimate of drug-likeness (QED) is 0.646. The van der Waals surface area contributed by atoms with Gasteiger partial charge in [0.1, 0.15) is 0 Å². The van der Waals surface area contributed by atoms with Crippen molar-refractivity contribution in [2.75, 3.05) is 39.0 Å². The van der Waals surface area contributed by atoms with Gasteiger partial charge in [-0.2, -0.15) is 0 Å². The molecule has 6 heteroatoms. The van der Waals surface area contributed by atoms with Crippen LogP contribution in [0.5, 0.6) is 0 Å². The summed E-state index contributed by atoms with van der Waals surface area (Å²) in [6, 6.07) is 0. The Morgan fingerprint density at radius 1 is 1.47 bits per heavy atom. The normalized spacial score (nSPS) is 21.2. The zero-order valence-electron chi connectivity index (χ0n) is 10.8. The van der Waals surface area contributed by atoms with Crippen molar-refractivity contribution in [3.63, 3.8) is 0 Å². The van der Waals surface area contributed by atoms with Crippen LogP contribution < -0.4 is 5.32 Å². The summed E-state index contributed by atoms with van der Waals surface area (Å²) in [4.78, 5) is 0. The molecule has 17 heavy (non-hydrogen) atoms. The number of rotatable bonds is 8. The molecule has 0 amide bonds. The second-order valence-corrected chi connectivity index (χ2v) is 6.63. The zero-order chi connectivity index (χ0) is 12.7. The molecule has 0 bridgehead atoms. The van der Waals surface area contributed by atoms with Crippen molar-refractivity contribution in [1.29, 1.82) is 0 Å². The molecule has 5 nitrogen and oxygen atoms in total. The minimum absolute atomic E-state index is 0.0866. The Morgan fingerprint density at radius 3 is 2.82 bits per heavy atom. The molecular weight excluding hydrogens is 240 g/mol. The van der Waals surface area contributed by atoms with Crippen LogP contribution in [0.1, 0.15) is 26.2 Å². The van der Waals surface area contributed by atoms with Gasteiger partial charge in [0.2, 0.25) is 10.0 Å². The number of likely N-dealkylation sites (N-methyl/N-ethyl adjacent to an activating group) is 1. The predicted molar refractivity (Wildman–Crippen MR) is 68.6 cm³/mol. The van der Waals surface area contributed by atoms with Crippen LogP contribution in [0.25, 0.3) is 0 Å². The number of hydrogen-bond acceptors (Lipinski definition) is 4. The summed E-state index contributed by atoms with van der Waals surface area (Å²) in [5.41, 5.74) is 0. The summed E-state index contributed by atoms with van der Waals surface area (Å²) in [5, 5.41) is 3.13. The first-order valence-electron chi connectivity index (χ1n) is 6.32. The van der Waals surface area contributed by atoms with E-state index in [0.717, 1.165) is 32.5 Å². The lowest BCUT2D eigenvalue weighted by Gasteiger charge is -2.20. The Kier molecular flexibility index (Phi) is 6.40. The van der Waals surface area contributed by atoms with Crippen LogP contribution in [0.15, 0.2) is 0 Å². The van der Waals surface area contributed by atoms with Crippen LogP contribution in [-0.4, -0.2) is 57.9 Å². The largest absolute Gasteiger partial charge is 0.377 e. The number of hydrogen-bond donors (Lipinski definition) is 1. The van der Waals surface area contributed by atoms with Gasteiger partial charge >= 0.3 is 0 Å². The standard InChI is InChI=1S/C11H24N2O3S/c1-3-12-7-5-9-17(14,15)13(2)10-11-6-4-8-16-11/h11-12H,3-10H2,1-2H3. The molecule has 0 spiro atoms. The Morgan fingerprint density at radius 2 is 2.24 bits per heavy atom. The van der Waals surface area contributed by atoms with Gasteiger partial charge in [0, 0.05) is 20.2 Å². The van der Waals surface area contributed by atoms with E-state index in [1.165, 1.54) is 4.31 Å². The molecule has 0 aromatic carbocycles.